The molecule has 0 aliphatic rings. The molecule has 0 spiro atoms. The molecule has 0 amide bonds. The molecule has 0 radical (unpaired) electrons. The fourth-order valence-electron chi connectivity index (χ4n) is 1.09. The van der Waals surface area contributed by atoms with Gasteiger partial charge in [0, 0.05) is 5.57 Å². The second kappa shape index (κ2) is 6.85. The molecule has 0 fully saturated rings. The Balaban J connectivity index is 4.45. The second-order valence-electron chi connectivity index (χ2n) is 4.89. The number of ether oxygens (including phenoxy) is 2. The zero-order chi connectivity index (χ0) is 16.1. The predicted molar refractivity (Wildman–Crippen MR) is 71.3 cm³/mol. The molecule has 116 valence electrons. The first-order valence-electron chi connectivity index (χ1n) is 5.79. The van der Waals surface area contributed by atoms with E-state index >= 15 is 0 Å². The highest BCUT2D eigenvalue weighted by molar-refractivity contribution is 7.86. The van der Waals surface area contributed by atoms with Gasteiger partial charge in [-0.2, -0.15) is 8.42 Å². The fraction of sp³-hybridized carbons (Fsp3) is 0.667. The van der Waals surface area contributed by atoms with Gasteiger partial charge in [0.25, 0.3) is 10.1 Å². The second-order valence-corrected chi connectivity index (χ2v) is 6.47. The zero-order valence-electron chi connectivity index (χ0n) is 12.3. The minimum Gasteiger partial charge on any atom is -0.458 e. The van der Waals surface area contributed by atoms with E-state index in [4.69, 9.17) is 9.47 Å². The van der Waals surface area contributed by atoms with Crippen molar-refractivity contribution < 1.29 is 31.7 Å². The molecule has 0 N–H and O–H groups in total. The van der Waals surface area contributed by atoms with E-state index in [2.05, 4.69) is 10.8 Å². The van der Waals surface area contributed by atoms with E-state index in [0.717, 1.165) is 6.26 Å². The average molecular weight is 308 g/mol. The monoisotopic (exact) mass is 308 g/mol. The molecule has 0 aliphatic carbocycles. The van der Waals surface area contributed by atoms with Crippen LogP contribution in [0.2, 0.25) is 0 Å². The van der Waals surface area contributed by atoms with Crippen LogP contribution >= 0.6 is 0 Å². The lowest BCUT2D eigenvalue weighted by Crippen LogP contribution is -2.40. The molecule has 1 unspecified atom stereocenters. The van der Waals surface area contributed by atoms with Crippen molar-refractivity contribution >= 4 is 22.1 Å². The Bertz CT molecular complexity index is 490. The highest BCUT2D eigenvalue weighted by Gasteiger charge is 2.35. The summed E-state index contributed by atoms with van der Waals surface area (Å²) in [6, 6.07) is 0. The van der Waals surface area contributed by atoms with Crippen LogP contribution in [0.25, 0.3) is 0 Å². The maximum Gasteiger partial charge on any atom is 0.339 e. The van der Waals surface area contributed by atoms with E-state index in [-0.39, 0.29) is 12.2 Å². The Kier molecular flexibility index (Phi) is 6.36. The van der Waals surface area contributed by atoms with Crippen molar-refractivity contribution in [2.75, 3.05) is 12.9 Å². The standard InChI is InChI=1S/C12H20O7S/c1-8(2)10(13)17-7-9(3)18-11(14)12(4,5)19-20(6,15)16/h9H,1,7H2,2-6H3. The Hall–Kier alpha value is -1.41. The summed E-state index contributed by atoms with van der Waals surface area (Å²) in [5, 5.41) is 0. The topological polar surface area (TPSA) is 96.0 Å². The molecule has 20 heavy (non-hydrogen) atoms. The van der Waals surface area contributed by atoms with Crippen LogP contribution in [0.5, 0.6) is 0 Å². The third-order valence-electron chi connectivity index (χ3n) is 1.96. The van der Waals surface area contributed by atoms with Crippen LogP contribution < -0.4 is 0 Å². The van der Waals surface area contributed by atoms with Gasteiger partial charge in [0.15, 0.2) is 5.60 Å². The summed E-state index contributed by atoms with van der Waals surface area (Å²) in [4.78, 5) is 22.9. The van der Waals surface area contributed by atoms with E-state index < -0.39 is 33.8 Å². The van der Waals surface area contributed by atoms with E-state index in [1.165, 1.54) is 27.7 Å². The number of hydrogen-bond donors (Lipinski definition) is 0. The van der Waals surface area contributed by atoms with Crippen molar-refractivity contribution in [3.8, 4) is 0 Å². The molecular formula is C12H20O7S. The molecule has 0 saturated carbocycles. The molecule has 0 rings (SSSR count). The molecule has 0 saturated heterocycles. The molecule has 0 aromatic rings. The molecule has 0 aliphatic heterocycles. The average Bonchev–Trinajstić information content (AvgIpc) is 2.22. The van der Waals surface area contributed by atoms with Crippen LogP contribution in [-0.4, -0.2) is 44.9 Å². The molecule has 1 atom stereocenters. The lowest BCUT2D eigenvalue weighted by atomic mass is 10.1. The Morgan fingerprint density at radius 1 is 1.30 bits per heavy atom. The third-order valence-corrected chi connectivity index (χ3v) is 2.68. The minimum absolute atomic E-state index is 0.160. The largest absolute Gasteiger partial charge is 0.458 e. The van der Waals surface area contributed by atoms with Crippen LogP contribution in [0.1, 0.15) is 27.7 Å². The molecule has 0 bridgehead atoms. The summed E-state index contributed by atoms with van der Waals surface area (Å²) in [5.74, 6) is -1.47. The van der Waals surface area contributed by atoms with Crippen LogP contribution in [0.15, 0.2) is 12.2 Å². The van der Waals surface area contributed by atoms with Gasteiger partial charge in [0.1, 0.15) is 12.7 Å². The molecule has 8 heteroatoms. The van der Waals surface area contributed by atoms with Crippen LogP contribution in [0.4, 0.5) is 0 Å². The van der Waals surface area contributed by atoms with Gasteiger partial charge < -0.3 is 9.47 Å². The summed E-state index contributed by atoms with van der Waals surface area (Å²) in [6.07, 6.45) is 0.0911. The lowest BCUT2D eigenvalue weighted by Gasteiger charge is -2.23. The van der Waals surface area contributed by atoms with Crippen molar-refractivity contribution in [1.29, 1.82) is 0 Å². The van der Waals surface area contributed by atoms with Crippen LogP contribution in [0, 0.1) is 0 Å². The van der Waals surface area contributed by atoms with Gasteiger partial charge in [-0.3, -0.25) is 4.18 Å². The molecule has 7 nitrogen and oxygen atoms in total. The lowest BCUT2D eigenvalue weighted by molar-refractivity contribution is -0.168. The molecule has 0 heterocycles. The van der Waals surface area contributed by atoms with Gasteiger partial charge in [0.2, 0.25) is 0 Å². The van der Waals surface area contributed by atoms with Crippen molar-refractivity contribution in [3.05, 3.63) is 12.2 Å². The van der Waals surface area contributed by atoms with Crippen molar-refractivity contribution in [3.63, 3.8) is 0 Å². The number of esters is 2. The highest BCUT2D eigenvalue weighted by atomic mass is 32.2. The summed E-state index contributed by atoms with van der Waals surface area (Å²) in [6.45, 7) is 8.77. The van der Waals surface area contributed by atoms with Gasteiger partial charge in [-0.05, 0) is 27.7 Å². The Morgan fingerprint density at radius 2 is 1.80 bits per heavy atom. The summed E-state index contributed by atoms with van der Waals surface area (Å²) in [5.41, 5.74) is -1.43. The van der Waals surface area contributed by atoms with Crippen LogP contribution in [-0.2, 0) is 33.4 Å². The van der Waals surface area contributed by atoms with Gasteiger partial charge in [-0.25, -0.2) is 9.59 Å². The maximum absolute atomic E-state index is 11.8. The fourth-order valence-corrected chi connectivity index (χ4v) is 1.91. The van der Waals surface area contributed by atoms with Gasteiger partial charge >= 0.3 is 11.9 Å². The smallest absolute Gasteiger partial charge is 0.339 e. The first kappa shape index (κ1) is 18.6. The van der Waals surface area contributed by atoms with E-state index in [9.17, 15) is 18.0 Å². The molecule has 0 aromatic carbocycles. The maximum atomic E-state index is 11.8. The SMILES string of the molecule is C=C(C)C(=O)OCC(C)OC(=O)C(C)(C)OS(C)(=O)=O. The summed E-state index contributed by atoms with van der Waals surface area (Å²) >= 11 is 0. The van der Waals surface area contributed by atoms with E-state index in [1.54, 1.807) is 0 Å². The number of carbonyl (C=O) groups excluding carboxylic acids is 2. The zero-order valence-corrected chi connectivity index (χ0v) is 13.1. The van der Waals surface area contributed by atoms with Crippen LogP contribution in [0.3, 0.4) is 0 Å². The minimum atomic E-state index is -3.80. The molecule has 0 aromatic heterocycles. The normalized spacial score (nSPS) is 13.4. The first-order valence-corrected chi connectivity index (χ1v) is 7.61. The van der Waals surface area contributed by atoms with Gasteiger partial charge in [-0.15, -0.1) is 0 Å². The van der Waals surface area contributed by atoms with Gasteiger partial charge in [-0.1, -0.05) is 6.58 Å². The number of hydrogen-bond acceptors (Lipinski definition) is 7. The summed E-state index contributed by atoms with van der Waals surface area (Å²) < 4.78 is 36.4. The van der Waals surface area contributed by atoms with Crippen molar-refractivity contribution in [1.82, 2.24) is 0 Å². The Morgan fingerprint density at radius 3 is 2.20 bits per heavy atom. The number of rotatable bonds is 7. The highest BCUT2D eigenvalue weighted by Crippen LogP contribution is 2.15. The van der Waals surface area contributed by atoms with Crippen molar-refractivity contribution in [2.45, 2.75) is 39.4 Å². The van der Waals surface area contributed by atoms with Gasteiger partial charge in [0.05, 0.1) is 6.26 Å². The third kappa shape index (κ3) is 7.25. The quantitative estimate of drug-likeness (QED) is 0.390. The summed E-state index contributed by atoms with van der Waals surface area (Å²) in [7, 11) is -3.80. The molecular weight excluding hydrogens is 288 g/mol. The van der Waals surface area contributed by atoms with E-state index in [0.29, 0.717) is 0 Å². The number of carbonyl (C=O) groups is 2. The van der Waals surface area contributed by atoms with Crippen molar-refractivity contribution in [2.24, 2.45) is 0 Å². The van der Waals surface area contributed by atoms with E-state index in [1.807, 2.05) is 0 Å². The Labute approximate surface area is 119 Å². The first-order chi connectivity index (χ1) is 8.85. The predicted octanol–water partition coefficient (Wildman–Crippen LogP) is 0.792.